The van der Waals surface area contributed by atoms with Gasteiger partial charge in [-0.1, -0.05) is 59.6 Å². The second-order valence-electron chi connectivity index (χ2n) is 4.85. The van der Waals surface area contributed by atoms with Gasteiger partial charge in [0, 0.05) is 10.1 Å². The number of carbonyl (C=O) groups is 1. The fourth-order valence-electron chi connectivity index (χ4n) is 2.03. The maximum absolute atomic E-state index is 12.2. The molecule has 0 saturated heterocycles. The van der Waals surface area contributed by atoms with Gasteiger partial charge in [-0.05, 0) is 18.6 Å². The minimum atomic E-state index is -0.297. The third-order valence-corrected chi connectivity index (χ3v) is 4.87. The first-order valence-electron chi connectivity index (χ1n) is 6.72. The van der Waals surface area contributed by atoms with Crippen LogP contribution >= 0.6 is 22.9 Å². The monoisotopic (exact) mass is 328 g/mol. The Hall–Kier alpha value is -2.17. The molecule has 1 amide bonds. The number of thiophene rings is 1. The number of carbonyl (C=O) groups excluding carboxylic acids is 1. The lowest BCUT2D eigenvalue weighted by Gasteiger charge is -1.98. The van der Waals surface area contributed by atoms with E-state index in [1.54, 1.807) is 6.21 Å². The molecule has 1 heterocycles. The zero-order chi connectivity index (χ0) is 15.5. The summed E-state index contributed by atoms with van der Waals surface area (Å²) in [6.45, 7) is 2.02. The number of amides is 1. The van der Waals surface area contributed by atoms with Gasteiger partial charge in [0.25, 0.3) is 5.91 Å². The summed E-state index contributed by atoms with van der Waals surface area (Å²) in [6, 6.07) is 15.5. The van der Waals surface area contributed by atoms with E-state index in [1.807, 2.05) is 55.5 Å². The summed E-state index contributed by atoms with van der Waals surface area (Å²) < 4.78 is 0.986. The van der Waals surface area contributed by atoms with Gasteiger partial charge in [0.15, 0.2) is 0 Å². The van der Waals surface area contributed by atoms with Crippen LogP contribution in [0, 0.1) is 6.92 Å². The van der Waals surface area contributed by atoms with Gasteiger partial charge >= 0.3 is 0 Å². The minimum absolute atomic E-state index is 0.297. The Kier molecular flexibility index (Phi) is 4.22. The molecule has 110 valence electrons. The first-order chi connectivity index (χ1) is 10.6. The summed E-state index contributed by atoms with van der Waals surface area (Å²) in [5.41, 5.74) is 4.62. The molecule has 3 rings (SSSR count). The molecule has 0 fully saturated rings. The van der Waals surface area contributed by atoms with E-state index < -0.39 is 0 Å². The van der Waals surface area contributed by atoms with Crippen LogP contribution in [0.3, 0.4) is 0 Å². The summed E-state index contributed by atoms with van der Waals surface area (Å²) >= 11 is 7.63. The van der Waals surface area contributed by atoms with Crippen LogP contribution in [0.4, 0.5) is 0 Å². The fourth-order valence-corrected chi connectivity index (χ4v) is 3.44. The van der Waals surface area contributed by atoms with E-state index >= 15 is 0 Å². The number of fused-ring (bicyclic) bond motifs is 1. The largest absolute Gasteiger partial charge is 0.283 e. The number of nitrogens with one attached hydrogen (secondary N) is 1. The van der Waals surface area contributed by atoms with Crippen molar-refractivity contribution in [2.24, 2.45) is 5.10 Å². The van der Waals surface area contributed by atoms with Crippen molar-refractivity contribution in [3.8, 4) is 0 Å². The average molecular weight is 329 g/mol. The second kappa shape index (κ2) is 6.30. The SMILES string of the molecule is Cc1ccc(C=NNC(=O)c2sc3ccccc3c2Cl)cc1. The summed E-state index contributed by atoms with van der Waals surface area (Å²) in [5, 5.41) is 5.35. The van der Waals surface area contributed by atoms with Gasteiger partial charge in [-0.3, -0.25) is 4.79 Å². The topological polar surface area (TPSA) is 41.5 Å². The van der Waals surface area contributed by atoms with E-state index in [0.717, 1.165) is 15.6 Å². The van der Waals surface area contributed by atoms with Crippen molar-refractivity contribution in [2.75, 3.05) is 0 Å². The molecule has 0 saturated carbocycles. The third kappa shape index (κ3) is 3.03. The molecule has 0 aliphatic carbocycles. The Labute approximate surface area is 137 Å². The predicted molar refractivity (Wildman–Crippen MR) is 93.1 cm³/mol. The second-order valence-corrected chi connectivity index (χ2v) is 6.28. The Morgan fingerprint density at radius 1 is 1.18 bits per heavy atom. The normalized spacial score (nSPS) is 11.2. The van der Waals surface area contributed by atoms with Gasteiger partial charge in [-0.2, -0.15) is 5.10 Å². The zero-order valence-corrected chi connectivity index (χ0v) is 13.4. The summed E-state index contributed by atoms with van der Waals surface area (Å²) in [7, 11) is 0. The summed E-state index contributed by atoms with van der Waals surface area (Å²) in [6.07, 6.45) is 1.61. The standard InChI is InChI=1S/C17H13ClN2OS/c1-11-6-8-12(9-7-11)10-19-20-17(21)16-15(18)13-4-2-3-5-14(13)22-16/h2-10H,1H3,(H,20,21). The Morgan fingerprint density at radius 2 is 1.91 bits per heavy atom. The Balaban J connectivity index is 1.76. The Bertz CT molecular complexity index is 853. The number of aryl methyl sites for hydroxylation is 1. The smallest absolute Gasteiger partial charge is 0.266 e. The van der Waals surface area contributed by atoms with Crippen LogP contribution in [-0.2, 0) is 0 Å². The molecule has 22 heavy (non-hydrogen) atoms. The third-order valence-electron chi connectivity index (χ3n) is 3.20. The molecule has 0 aliphatic rings. The minimum Gasteiger partial charge on any atom is -0.266 e. The summed E-state index contributed by atoms with van der Waals surface area (Å²) in [4.78, 5) is 12.7. The van der Waals surface area contributed by atoms with Crippen LogP contribution < -0.4 is 5.43 Å². The highest BCUT2D eigenvalue weighted by atomic mass is 35.5. The van der Waals surface area contributed by atoms with Crippen molar-refractivity contribution >= 4 is 45.1 Å². The molecule has 1 aromatic heterocycles. The predicted octanol–water partition coefficient (Wildman–Crippen LogP) is 4.63. The lowest BCUT2D eigenvalue weighted by molar-refractivity contribution is 0.0959. The van der Waals surface area contributed by atoms with E-state index in [9.17, 15) is 4.79 Å². The van der Waals surface area contributed by atoms with Gasteiger partial charge < -0.3 is 0 Å². The van der Waals surface area contributed by atoms with Crippen LogP contribution in [0.1, 0.15) is 20.8 Å². The van der Waals surface area contributed by atoms with Crippen LogP contribution in [0.5, 0.6) is 0 Å². The molecule has 0 atom stereocenters. The van der Waals surface area contributed by atoms with Crippen molar-refractivity contribution < 1.29 is 4.79 Å². The molecule has 0 unspecified atom stereocenters. The quantitative estimate of drug-likeness (QED) is 0.553. The molecule has 0 radical (unpaired) electrons. The molecular weight excluding hydrogens is 316 g/mol. The molecule has 1 N–H and O–H groups in total. The molecule has 0 bridgehead atoms. The van der Waals surface area contributed by atoms with Crippen molar-refractivity contribution in [3.05, 3.63) is 69.6 Å². The van der Waals surface area contributed by atoms with E-state index in [1.165, 1.54) is 16.9 Å². The van der Waals surface area contributed by atoms with Gasteiger partial charge in [0.05, 0.1) is 11.2 Å². The molecule has 5 heteroatoms. The van der Waals surface area contributed by atoms with Crippen molar-refractivity contribution in [1.29, 1.82) is 0 Å². The van der Waals surface area contributed by atoms with Crippen LogP contribution in [0.15, 0.2) is 53.6 Å². The van der Waals surface area contributed by atoms with Crippen molar-refractivity contribution in [2.45, 2.75) is 6.92 Å². The van der Waals surface area contributed by atoms with Gasteiger partial charge in [-0.15, -0.1) is 11.3 Å². The van der Waals surface area contributed by atoms with E-state index in [-0.39, 0.29) is 5.91 Å². The number of hydrogen-bond donors (Lipinski definition) is 1. The van der Waals surface area contributed by atoms with Gasteiger partial charge in [0.1, 0.15) is 4.88 Å². The van der Waals surface area contributed by atoms with Crippen LogP contribution in [0.2, 0.25) is 5.02 Å². The molecule has 3 nitrogen and oxygen atoms in total. The lowest BCUT2D eigenvalue weighted by atomic mass is 10.2. The Morgan fingerprint density at radius 3 is 2.64 bits per heavy atom. The van der Waals surface area contributed by atoms with Crippen LogP contribution in [0.25, 0.3) is 10.1 Å². The number of nitrogens with zero attached hydrogens (tertiary/aromatic N) is 1. The zero-order valence-electron chi connectivity index (χ0n) is 11.8. The first kappa shape index (κ1) is 14.8. The number of hydrogen-bond acceptors (Lipinski definition) is 3. The highest BCUT2D eigenvalue weighted by Gasteiger charge is 2.16. The van der Waals surface area contributed by atoms with Gasteiger partial charge in [0.2, 0.25) is 0 Å². The molecule has 3 aromatic rings. The van der Waals surface area contributed by atoms with E-state index in [2.05, 4.69) is 10.5 Å². The van der Waals surface area contributed by atoms with Crippen molar-refractivity contribution in [1.82, 2.24) is 5.43 Å². The first-order valence-corrected chi connectivity index (χ1v) is 7.92. The number of rotatable bonds is 3. The average Bonchev–Trinajstić information content (AvgIpc) is 2.87. The lowest BCUT2D eigenvalue weighted by Crippen LogP contribution is -2.16. The highest BCUT2D eigenvalue weighted by Crippen LogP contribution is 2.34. The molecule has 0 spiro atoms. The van der Waals surface area contributed by atoms with Crippen LogP contribution in [-0.4, -0.2) is 12.1 Å². The van der Waals surface area contributed by atoms with E-state index in [4.69, 9.17) is 11.6 Å². The maximum Gasteiger partial charge on any atom is 0.283 e. The van der Waals surface area contributed by atoms with Crippen molar-refractivity contribution in [3.63, 3.8) is 0 Å². The highest BCUT2D eigenvalue weighted by molar-refractivity contribution is 7.21. The summed E-state index contributed by atoms with van der Waals surface area (Å²) in [5.74, 6) is -0.297. The fraction of sp³-hybridized carbons (Fsp3) is 0.0588. The number of halogens is 1. The maximum atomic E-state index is 12.2. The van der Waals surface area contributed by atoms with E-state index in [0.29, 0.717) is 9.90 Å². The molecule has 2 aromatic carbocycles. The number of hydrazone groups is 1. The number of benzene rings is 2. The molecular formula is C17H13ClN2OS. The molecule has 0 aliphatic heterocycles. The van der Waals surface area contributed by atoms with Gasteiger partial charge in [-0.25, -0.2) is 5.43 Å².